The molecule has 0 radical (unpaired) electrons. The molecule has 1 atom stereocenters. The molecule has 0 saturated heterocycles. The summed E-state index contributed by atoms with van der Waals surface area (Å²) in [6.07, 6.45) is 5.35. The Bertz CT molecular complexity index is 449. The molecule has 0 aromatic heterocycles. The Morgan fingerprint density at radius 3 is 2.68 bits per heavy atom. The highest BCUT2D eigenvalue weighted by molar-refractivity contribution is 5.86. The maximum absolute atomic E-state index is 12.0. The van der Waals surface area contributed by atoms with E-state index < -0.39 is 11.5 Å². The van der Waals surface area contributed by atoms with E-state index in [9.17, 15) is 9.90 Å². The molecule has 19 heavy (non-hydrogen) atoms. The molecule has 1 unspecified atom stereocenters. The minimum atomic E-state index is -0.704. The first kappa shape index (κ1) is 13.8. The average Bonchev–Trinajstić information content (AvgIpc) is 3.25. The second-order valence-electron chi connectivity index (χ2n) is 5.13. The summed E-state index contributed by atoms with van der Waals surface area (Å²) < 4.78 is 0. The molecule has 102 valence electrons. The first-order valence-corrected chi connectivity index (χ1v) is 6.88. The number of aliphatic hydroxyl groups is 1. The van der Waals surface area contributed by atoms with Gasteiger partial charge in [0.2, 0.25) is 5.91 Å². The molecule has 1 aromatic carbocycles. The van der Waals surface area contributed by atoms with E-state index in [1.807, 2.05) is 43.3 Å². The number of amides is 1. The van der Waals surface area contributed by atoms with Crippen LogP contribution >= 0.6 is 0 Å². The van der Waals surface area contributed by atoms with Gasteiger partial charge in [0.25, 0.3) is 0 Å². The SMILES string of the molecule is CCCNC(=O)C1(C(O)/C=C/c2ccccc2)CC1. The smallest absolute Gasteiger partial charge is 0.229 e. The molecule has 0 heterocycles. The van der Waals surface area contributed by atoms with Crippen LogP contribution < -0.4 is 5.32 Å². The van der Waals surface area contributed by atoms with E-state index in [2.05, 4.69) is 5.32 Å². The highest BCUT2D eigenvalue weighted by Gasteiger charge is 2.54. The van der Waals surface area contributed by atoms with E-state index in [1.165, 1.54) is 0 Å². The summed E-state index contributed by atoms with van der Waals surface area (Å²) >= 11 is 0. The molecule has 1 aliphatic carbocycles. The van der Waals surface area contributed by atoms with Crippen molar-refractivity contribution >= 4 is 12.0 Å². The van der Waals surface area contributed by atoms with Crippen molar-refractivity contribution in [3.05, 3.63) is 42.0 Å². The van der Waals surface area contributed by atoms with E-state index in [-0.39, 0.29) is 5.91 Å². The van der Waals surface area contributed by atoms with E-state index in [1.54, 1.807) is 6.08 Å². The van der Waals surface area contributed by atoms with Gasteiger partial charge in [0, 0.05) is 6.54 Å². The quantitative estimate of drug-likeness (QED) is 0.824. The molecule has 0 spiro atoms. The molecule has 1 fully saturated rings. The van der Waals surface area contributed by atoms with Gasteiger partial charge in [-0.3, -0.25) is 4.79 Å². The van der Waals surface area contributed by atoms with Crippen LogP contribution in [0.5, 0.6) is 0 Å². The van der Waals surface area contributed by atoms with Crippen molar-refractivity contribution in [3.63, 3.8) is 0 Å². The summed E-state index contributed by atoms with van der Waals surface area (Å²) in [6, 6.07) is 9.80. The summed E-state index contributed by atoms with van der Waals surface area (Å²) in [6.45, 7) is 2.70. The lowest BCUT2D eigenvalue weighted by molar-refractivity contribution is -0.129. The van der Waals surface area contributed by atoms with Gasteiger partial charge in [0.1, 0.15) is 0 Å². The van der Waals surface area contributed by atoms with E-state index >= 15 is 0 Å². The van der Waals surface area contributed by atoms with Crippen molar-refractivity contribution in [1.82, 2.24) is 5.32 Å². The Kier molecular flexibility index (Phi) is 4.38. The largest absolute Gasteiger partial charge is 0.388 e. The van der Waals surface area contributed by atoms with Crippen molar-refractivity contribution in [2.75, 3.05) is 6.54 Å². The zero-order chi connectivity index (χ0) is 13.7. The fourth-order valence-corrected chi connectivity index (χ4v) is 2.16. The first-order chi connectivity index (χ1) is 9.19. The van der Waals surface area contributed by atoms with Crippen molar-refractivity contribution < 1.29 is 9.90 Å². The highest BCUT2D eigenvalue weighted by atomic mass is 16.3. The zero-order valence-corrected chi connectivity index (χ0v) is 11.3. The van der Waals surface area contributed by atoms with Crippen LogP contribution in [0.15, 0.2) is 36.4 Å². The Morgan fingerprint density at radius 1 is 1.42 bits per heavy atom. The summed E-state index contributed by atoms with van der Waals surface area (Å²) in [4.78, 5) is 12.0. The minimum absolute atomic E-state index is 0.0143. The fraction of sp³-hybridized carbons (Fsp3) is 0.438. The molecule has 3 heteroatoms. The molecule has 2 rings (SSSR count). The summed E-state index contributed by atoms with van der Waals surface area (Å²) in [5.41, 5.74) is 0.451. The molecule has 2 N–H and O–H groups in total. The van der Waals surface area contributed by atoms with Crippen LogP contribution in [0.3, 0.4) is 0 Å². The molecule has 0 aliphatic heterocycles. The highest BCUT2D eigenvalue weighted by Crippen LogP contribution is 2.49. The number of benzene rings is 1. The Hall–Kier alpha value is -1.61. The molecule has 0 bridgehead atoms. The van der Waals surface area contributed by atoms with Crippen molar-refractivity contribution in [2.24, 2.45) is 5.41 Å². The maximum Gasteiger partial charge on any atom is 0.229 e. The second-order valence-corrected chi connectivity index (χ2v) is 5.13. The summed E-state index contributed by atoms with van der Waals surface area (Å²) in [5, 5.41) is 13.1. The summed E-state index contributed by atoms with van der Waals surface area (Å²) in [5.74, 6) is -0.0143. The molecular formula is C16H21NO2. The number of hydrogen-bond acceptors (Lipinski definition) is 2. The van der Waals surface area contributed by atoms with E-state index in [0.717, 1.165) is 24.8 Å². The third-order valence-corrected chi connectivity index (χ3v) is 3.61. The Labute approximate surface area is 114 Å². The standard InChI is InChI=1S/C16H21NO2/c1-2-12-17-15(19)16(10-11-16)14(18)9-8-13-6-4-3-5-7-13/h3-9,14,18H,2,10-12H2,1H3,(H,17,19)/b9-8+. The van der Waals surface area contributed by atoms with E-state index in [0.29, 0.717) is 6.54 Å². The fourth-order valence-electron chi connectivity index (χ4n) is 2.16. The first-order valence-electron chi connectivity index (χ1n) is 6.88. The maximum atomic E-state index is 12.0. The topological polar surface area (TPSA) is 49.3 Å². The predicted octanol–water partition coefficient (Wildman–Crippen LogP) is 2.37. The molecule has 3 nitrogen and oxygen atoms in total. The zero-order valence-electron chi connectivity index (χ0n) is 11.3. The number of nitrogens with one attached hydrogen (secondary N) is 1. The molecule has 1 saturated carbocycles. The van der Waals surface area contributed by atoms with Gasteiger partial charge in [-0.15, -0.1) is 0 Å². The Balaban J connectivity index is 1.98. The Morgan fingerprint density at radius 2 is 2.11 bits per heavy atom. The van der Waals surface area contributed by atoms with Crippen LogP contribution in [0.4, 0.5) is 0 Å². The monoisotopic (exact) mass is 259 g/mol. The van der Waals surface area contributed by atoms with Gasteiger partial charge in [-0.1, -0.05) is 49.4 Å². The number of aliphatic hydroxyl groups excluding tert-OH is 1. The van der Waals surface area contributed by atoms with Crippen molar-refractivity contribution in [2.45, 2.75) is 32.3 Å². The van der Waals surface area contributed by atoms with Gasteiger partial charge in [-0.25, -0.2) is 0 Å². The molecular weight excluding hydrogens is 238 g/mol. The van der Waals surface area contributed by atoms with Crippen LogP contribution in [0.2, 0.25) is 0 Å². The third kappa shape index (κ3) is 3.24. The number of hydrogen-bond donors (Lipinski definition) is 2. The summed E-state index contributed by atoms with van der Waals surface area (Å²) in [7, 11) is 0. The van der Waals surface area contributed by atoms with Crippen molar-refractivity contribution in [1.29, 1.82) is 0 Å². The average molecular weight is 259 g/mol. The van der Waals surface area contributed by atoms with Gasteiger partial charge in [0.15, 0.2) is 0 Å². The van der Waals surface area contributed by atoms with Crippen molar-refractivity contribution in [3.8, 4) is 0 Å². The molecule has 1 amide bonds. The third-order valence-electron chi connectivity index (χ3n) is 3.61. The number of carbonyl (C=O) groups excluding carboxylic acids is 1. The van der Waals surface area contributed by atoms with Gasteiger partial charge in [-0.2, -0.15) is 0 Å². The van der Waals surface area contributed by atoms with Crippen LogP contribution in [-0.4, -0.2) is 23.7 Å². The molecule has 1 aromatic rings. The number of carbonyl (C=O) groups is 1. The van der Waals surface area contributed by atoms with E-state index in [4.69, 9.17) is 0 Å². The number of rotatable bonds is 6. The van der Waals surface area contributed by atoms with Gasteiger partial charge in [-0.05, 0) is 24.8 Å². The minimum Gasteiger partial charge on any atom is -0.388 e. The second kappa shape index (κ2) is 6.02. The van der Waals surface area contributed by atoms with Crippen LogP contribution in [-0.2, 0) is 4.79 Å². The lowest BCUT2D eigenvalue weighted by Crippen LogP contribution is -2.38. The van der Waals surface area contributed by atoms with Gasteiger partial charge >= 0.3 is 0 Å². The lowest BCUT2D eigenvalue weighted by Gasteiger charge is -2.18. The van der Waals surface area contributed by atoms with Crippen LogP contribution in [0.25, 0.3) is 6.08 Å². The van der Waals surface area contributed by atoms with Crippen LogP contribution in [0, 0.1) is 5.41 Å². The van der Waals surface area contributed by atoms with Crippen LogP contribution in [0.1, 0.15) is 31.7 Å². The lowest BCUT2D eigenvalue weighted by atomic mass is 9.97. The molecule has 1 aliphatic rings. The van der Waals surface area contributed by atoms with Gasteiger partial charge in [0.05, 0.1) is 11.5 Å². The van der Waals surface area contributed by atoms with Gasteiger partial charge < -0.3 is 10.4 Å². The predicted molar refractivity (Wildman–Crippen MR) is 76.5 cm³/mol. The normalized spacial score (nSPS) is 18.2.